The van der Waals surface area contributed by atoms with Crippen molar-refractivity contribution in [2.24, 2.45) is 0 Å². The summed E-state index contributed by atoms with van der Waals surface area (Å²) in [6.07, 6.45) is 0.0744. The fraction of sp³-hybridized carbons (Fsp3) is 0.0870. The van der Waals surface area contributed by atoms with E-state index in [-0.39, 0.29) is 11.4 Å². The zero-order chi connectivity index (χ0) is 20.6. The molecule has 0 saturated carbocycles. The minimum absolute atomic E-state index is 0.0744. The molecule has 5 nitrogen and oxygen atoms in total. The van der Waals surface area contributed by atoms with Gasteiger partial charge in [0.15, 0.2) is 6.61 Å². The summed E-state index contributed by atoms with van der Waals surface area (Å²) >= 11 is 5.92. The zero-order valence-electron chi connectivity index (χ0n) is 15.4. The number of nitriles is 1. The van der Waals surface area contributed by atoms with Gasteiger partial charge in [-0.3, -0.25) is 9.59 Å². The van der Waals surface area contributed by atoms with Crippen LogP contribution in [-0.4, -0.2) is 18.5 Å². The number of rotatable bonds is 6. The molecule has 0 bridgehead atoms. The van der Waals surface area contributed by atoms with Gasteiger partial charge in [-0.25, -0.2) is 0 Å². The molecule has 6 heteroatoms. The number of hydrogen-bond donors (Lipinski definition) is 1. The van der Waals surface area contributed by atoms with Gasteiger partial charge in [-0.1, -0.05) is 66.2 Å². The molecule has 3 aromatic carbocycles. The molecule has 0 aliphatic carbocycles. The van der Waals surface area contributed by atoms with E-state index in [9.17, 15) is 9.59 Å². The van der Waals surface area contributed by atoms with Gasteiger partial charge in [0.25, 0.3) is 5.91 Å². The Morgan fingerprint density at radius 3 is 2.31 bits per heavy atom. The third kappa shape index (κ3) is 5.68. The molecule has 0 atom stereocenters. The van der Waals surface area contributed by atoms with E-state index in [0.29, 0.717) is 11.3 Å². The van der Waals surface area contributed by atoms with Crippen LogP contribution in [0.2, 0.25) is 5.02 Å². The topological polar surface area (TPSA) is 79.2 Å². The molecule has 0 aliphatic rings. The first-order valence-electron chi connectivity index (χ1n) is 8.84. The van der Waals surface area contributed by atoms with Crippen molar-refractivity contribution < 1.29 is 14.3 Å². The van der Waals surface area contributed by atoms with Crippen molar-refractivity contribution in [3.63, 3.8) is 0 Å². The molecule has 0 heterocycles. The van der Waals surface area contributed by atoms with E-state index >= 15 is 0 Å². The third-order valence-corrected chi connectivity index (χ3v) is 4.46. The fourth-order valence-electron chi connectivity index (χ4n) is 2.69. The highest BCUT2D eigenvalue weighted by atomic mass is 35.5. The summed E-state index contributed by atoms with van der Waals surface area (Å²) < 4.78 is 5.03. The second-order valence-corrected chi connectivity index (χ2v) is 6.66. The maximum absolute atomic E-state index is 12.0. The number of carbonyl (C=O) groups is 2. The van der Waals surface area contributed by atoms with E-state index in [0.717, 1.165) is 16.7 Å². The Balaban J connectivity index is 1.49. The maximum Gasteiger partial charge on any atom is 0.310 e. The summed E-state index contributed by atoms with van der Waals surface area (Å²) in [5.41, 5.74) is 3.69. The van der Waals surface area contributed by atoms with Crippen molar-refractivity contribution in [1.82, 2.24) is 0 Å². The zero-order valence-corrected chi connectivity index (χ0v) is 16.1. The first-order valence-corrected chi connectivity index (χ1v) is 9.22. The van der Waals surface area contributed by atoms with Crippen LogP contribution in [0.1, 0.15) is 11.1 Å². The Morgan fingerprint density at radius 1 is 0.966 bits per heavy atom. The van der Waals surface area contributed by atoms with Crippen molar-refractivity contribution >= 4 is 29.2 Å². The number of anilines is 1. The van der Waals surface area contributed by atoms with E-state index in [1.54, 1.807) is 6.07 Å². The van der Waals surface area contributed by atoms with Crippen molar-refractivity contribution in [2.75, 3.05) is 11.9 Å². The van der Waals surface area contributed by atoms with Crippen molar-refractivity contribution in [3.05, 3.63) is 88.9 Å². The number of nitrogens with one attached hydrogen (secondary N) is 1. The molecular weight excluding hydrogens is 388 g/mol. The number of amides is 1. The lowest BCUT2D eigenvalue weighted by Crippen LogP contribution is -2.21. The lowest BCUT2D eigenvalue weighted by molar-refractivity contribution is -0.146. The summed E-state index contributed by atoms with van der Waals surface area (Å²) in [7, 11) is 0. The van der Waals surface area contributed by atoms with Gasteiger partial charge in [0.1, 0.15) is 6.07 Å². The molecule has 0 radical (unpaired) electrons. The van der Waals surface area contributed by atoms with Crippen LogP contribution in [0, 0.1) is 11.3 Å². The SMILES string of the molecule is N#Cc1ccc(NC(=O)COC(=O)Cc2ccc(-c3ccccc3)cc2)cc1Cl. The van der Waals surface area contributed by atoms with Gasteiger partial charge in [-0.15, -0.1) is 0 Å². The average Bonchev–Trinajstić information content (AvgIpc) is 2.74. The lowest BCUT2D eigenvalue weighted by atomic mass is 10.0. The summed E-state index contributed by atoms with van der Waals surface area (Å²) in [5, 5.41) is 11.7. The number of hydrogen-bond acceptors (Lipinski definition) is 4. The summed E-state index contributed by atoms with van der Waals surface area (Å²) in [6.45, 7) is -0.404. The molecule has 3 aromatic rings. The molecule has 144 valence electrons. The largest absolute Gasteiger partial charge is 0.455 e. The number of nitrogens with zero attached hydrogens (tertiary/aromatic N) is 1. The van der Waals surface area contributed by atoms with Crippen LogP contribution < -0.4 is 5.32 Å². The Kier molecular flexibility index (Phi) is 6.62. The first kappa shape index (κ1) is 20.1. The van der Waals surface area contributed by atoms with Gasteiger partial charge in [0.2, 0.25) is 0 Å². The number of carbonyl (C=O) groups excluding carboxylic acids is 2. The number of benzene rings is 3. The molecule has 0 aromatic heterocycles. The van der Waals surface area contributed by atoms with E-state index in [1.807, 2.05) is 60.7 Å². The molecule has 3 rings (SSSR count). The van der Waals surface area contributed by atoms with E-state index < -0.39 is 18.5 Å². The van der Waals surface area contributed by atoms with Gasteiger partial charge < -0.3 is 10.1 Å². The smallest absolute Gasteiger partial charge is 0.310 e. The van der Waals surface area contributed by atoms with Crippen molar-refractivity contribution in [1.29, 1.82) is 5.26 Å². The monoisotopic (exact) mass is 404 g/mol. The van der Waals surface area contributed by atoms with Crippen LogP contribution >= 0.6 is 11.6 Å². The van der Waals surface area contributed by atoms with Gasteiger partial charge in [0, 0.05) is 5.69 Å². The van der Waals surface area contributed by atoms with Gasteiger partial charge in [0.05, 0.1) is 17.0 Å². The Morgan fingerprint density at radius 2 is 1.66 bits per heavy atom. The minimum atomic E-state index is -0.495. The van der Waals surface area contributed by atoms with Crippen LogP contribution in [0.3, 0.4) is 0 Å². The average molecular weight is 405 g/mol. The van der Waals surface area contributed by atoms with Crippen LogP contribution in [0.25, 0.3) is 11.1 Å². The van der Waals surface area contributed by atoms with E-state index in [1.165, 1.54) is 12.1 Å². The van der Waals surface area contributed by atoms with Crippen molar-refractivity contribution in [2.45, 2.75) is 6.42 Å². The number of halogens is 1. The van der Waals surface area contributed by atoms with Gasteiger partial charge in [-0.2, -0.15) is 5.26 Å². The maximum atomic E-state index is 12.0. The summed E-state index contributed by atoms with van der Waals surface area (Å²) in [4.78, 5) is 23.9. The van der Waals surface area contributed by atoms with Gasteiger partial charge >= 0.3 is 5.97 Å². The van der Waals surface area contributed by atoms with Gasteiger partial charge in [-0.05, 0) is 34.9 Å². The van der Waals surface area contributed by atoms with Crippen LogP contribution in [0.5, 0.6) is 0 Å². The summed E-state index contributed by atoms with van der Waals surface area (Å²) in [5.74, 6) is -0.982. The predicted octanol–water partition coefficient (Wildman–Crippen LogP) is 4.60. The molecule has 0 spiro atoms. The Labute approximate surface area is 173 Å². The lowest BCUT2D eigenvalue weighted by Gasteiger charge is -2.08. The predicted molar refractivity (Wildman–Crippen MR) is 111 cm³/mol. The highest BCUT2D eigenvalue weighted by Gasteiger charge is 2.10. The minimum Gasteiger partial charge on any atom is -0.455 e. The molecule has 29 heavy (non-hydrogen) atoms. The normalized spacial score (nSPS) is 10.1. The third-order valence-electron chi connectivity index (χ3n) is 4.15. The molecule has 1 N–H and O–H groups in total. The number of esters is 1. The quantitative estimate of drug-likeness (QED) is 0.609. The second kappa shape index (κ2) is 9.54. The van der Waals surface area contributed by atoms with Crippen LogP contribution in [0.4, 0.5) is 5.69 Å². The first-order chi connectivity index (χ1) is 14.0. The highest BCUT2D eigenvalue weighted by Crippen LogP contribution is 2.21. The highest BCUT2D eigenvalue weighted by molar-refractivity contribution is 6.32. The second-order valence-electron chi connectivity index (χ2n) is 6.26. The van der Waals surface area contributed by atoms with Crippen LogP contribution in [0.15, 0.2) is 72.8 Å². The molecule has 0 fully saturated rings. The van der Waals surface area contributed by atoms with E-state index in [4.69, 9.17) is 21.6 Å². The van der Waals surface area contributed by atoms with Crippen molar-refractivity contribution in [3.8, 4) is 17.2 Å². The summed E-state index contributed by atoms with van der Waals surface area (Å²) in [6, 6.07) is 24.0. The Bertz CT molecular complexity index is 1060. The molecule has 0 unspecified atom stereocenters. The molecule has 0 saturated heterocycles. The number of ether oxygens (including phenoxy) is 1. The Hall–Kier alpha value is -3.62. The molecule has 1 amide bonds. The molecular formula is C23H17ClN2O3. The standard InChI is InChI=1S/C23H17ClN2O3/c24-21-13-20(11-10-19(21)14-25)26-22(27)15-29-23(28)12-16-6-8-18(9-7-16)17-4-2-1-3-5-17/h1-11,13H,12,15H2,(H,26,27). The fourth-order valence-corrected chi connectivity index (χ4v) is 2.91. The van der Waals surface area contributed by atoms with E-state index in [2.05, 4.69) is 5.32 Å². The van der Waals surface area contributed by atoms with Crippen LogP contribution in [-0.2, 0) is 20.7 Å². The molecule has 0 aliphatic heterocycles.